The van der Waals surface area contributed by atoms with E-state index in [9.17, 15) is 9.59 Å². The number of aromatic carboxylic acids is 1. The normalized spacial score (nSPS) is 9.93. The summed E-state index contributed by atoms with van der Waals surface area (Å²) in [4.78, 5) is 21.7. The molecule has 1 rings (SSSR count). The molecule has 1 aromatic heterocycles. The summed E-state index contributed by atoms with van der Waals surface area (Å²) in [6.45, 7) is 2.62. The van der Waals surface area contributed by atoms with Gasteiger partial charge in [-0.2, -0.15) is 5.10 Å². The van der Waals surface area contributed by atoms with Gasteiger partial charge in [0.25, 0.3) is 0 Å². The van der Waals surface area contributed by atoms with Crippen LogP contribution in [0.1, 0.15) is 23.8 Å². The van der Waals surface area contributed by atoms with Crippen LogP contribution in [-0.2, 0) is 11.3 Å². The minimum atomic E-state index is -1.09. The Bertz CT molecular complexity index is 359. The van der Waals surface area contributed by atoms with Crippen molar-refractivity contribution in [3.05, 3.63) is 18.0 Å². The van der Waals surface area contributed by atoms with Crippen molar-refractivity contribution in [2.24, 2.45) is 0 Å². The average molecular weight is 211 g/mol. The van der Waals surface area contributed by atoms with Crippen molar-refractivity contribution < 1.29 is 14.7 Å². The summed E-state index contributed by atoms with van der Waals surface area (Å²) in [7, 11) is 0. The largest absolute Gasteiger partial charge is 0.476 e. The first-order valence-corrected chi connectivity index (χ1v) is 4.67. The zero-order valence-electron chi connectivity index (χ0n) is 8.43. The lowest BCUT2D eigenvalue weighted by molar-refractivity contribution is -0.121. The van der Waals surface area contributed by atoms with E-state index in [0.29, 0.717) is 6.54 Å². The topological polar surface area (TPSA) is 84.2 Å². The third-order valence-electron chi connectivity index (χ3n) is 1.74. The van der Waals surface area contributed by atoms with Crippen LogP contribution in [0.4, 0.5) is 0 Å². The summed E-state index contributed by atoms with van der Waals surface area (Å²) in [5.41, 5.74) is -0.0571. The number of carboxylic acids is 1. The second-order valence-corrected chi connectivity index (χ2v) is 3.05. The second-order valence-electron chi connectivity index (χ2n) is 3.05. The van der Waals surface area contributed by atoms with Gasteiger partial charge in [-0.05, 0) is 12.5 Å². The fraction of sp³-hybridized carbons (Fsp3) is 0.444. The molecular formula is C9H13N3O3. The molecule has 0 bridgehead atoms. The van der Waals surface area contributed by atoms with E-state index in [0.717, 1.165) is 6.42 Å². The van der Waals surface area contributed by atoms with Gasteiger partial charge in [-0.15, -0.1) is 0 Å². The van der Waals surface area contributed by atoms with E-state index in [2.05, 4.69) is 10.4 Å². The molecule has 0 aromatic carbocycles. The maximum atomic E-state index is 11.2. The minimum Gasteiger partial charge on any atom is -0.476 e. The Morgan fingerprint density at radius 2 is 2.33 bits per heavy atom. The van der Waals surface area contributed by atoms with Crippen molar-refractivity contribution in [3.8, 4) is 0 Å². The van der Waals surface area contributed by atoms with Crippen LogP contribution in [0.5, 0.6) is 0 Å². The van der Waals surface area contributed by atoms with Crippen molar-refractivity contribution in [1.29, 1.82) is 0 Å². The number of hydrogen-bond donors (Lipinski definition) is 2. The van der Waals surface area contributed by atoms with Gasteiger partial charge in [0.2, 0.25) is 5.91 Å². The van der Waals surface area contributed by atoms with Gasteiger partial charge in [0, 0.05) is 12.7 Å². The number of carbonyl (C=O) groups excluding carboxylic acids is 1. The van der Waals surface area contributed by atoms with Gasteiger partial charge in [0.05, 0.1) is 0 Å². The lowest BCUT2D eigenvalue weighted by atomic mass is 10.4. The molecule has 0 saturated carbocycles. The third kappa shape index (κ3) is 3.41. The molecule has 2 N–H and O–H groups in total. The summed E-state index contributed by atoms with van der Waals surface area (Å²) >= 11 is 0. The molecule has 6 heteroatoms. The smallest absolute Gasteiger partial charge is 0.356 e. The number of aromatic nitrogens is 2. The number of carboxylic acid groups (broad SMARTS) is 1. The highest BCUT2D eigenvalue weighted by Gasteiger charge is 2.08. The molecule has 1 heterocycles. The van der Waals surface area contributed by atoms with Crippen LogP contribution < -0.4 is 5.32 Å². The highest BCUT2D eigenvalue weighted by atomic mass is 16.4. The maximum absolute atomic E-state index is 11.2. The fourth-order valence-corrected chi connectivity index (χ4v) is 1.03. The van der Waals surface area contributed by atoms with Gasteiger partial charge in [-0.25, -0.2) is 4.79 Å². The molecule has 82 valence electrons. The van der Waals surface area contributed by atoms with Gasteiger partial charge in [-0.1, -0.05) is 6.92 Å². The van der Waals surface area contributed by atoms with Crippen molar-refractivity contribution in [2.75, 3.05) is 6.54 Å². The third-order valence-corrected chi connectivity index (χ3v) is 1.74. The van der Waals surface area contributed by atoms with E-state index < -0.39 is 5.97 Å². The standard InChI is InChI=1S/C9H13N3O3/c1-2-4-10-8(13)6-12-5-3-7(11-12)9(14)15/h3,5H,2,4,6H2,1H3,(H,10,13)(H,14,15). The lowest BCUT2D eigenvalue weighted by Gasteiger charge is -2.02. The molecular weight excluding hydrogens is 198 g/mol. The molecule has 0 aliphatic rings. The predicted molar refractivity (Wildman–Crippen MR) is 52.5 cm³/mol. The number of carbonyl (C=O) groups is 2. The van der Waals surface area contributed by atoms with Crippen LogP contribution in [-0.4, -0.2) is 33.3 Å². The van der Waals surface area contributed by atoms with Crippen LogP contribution in [0.25, 0.3) is 0 Å². The molecule has 0 spiro atoms. The summed E-state index contributed by atoms with van der Waals surface area (Å²) in [6.07, 6.45) is 2.33. The molecule has 0 fully saturated rings. The van der Waals surface area contributed by atoms with Crippen LogP contribution in [0.2, 0.25) is 0 Å². The molecule has 0 unspecified atom stereocenters. The Labute approximate surface area is 86.9 Å². The first-order valence-electron chi connectivity index (χ1n) is 4.67. The molecule has 0 atom stereocenters. The second kappa shape index (κ2) is 5.14. The van der Waals surface area contributed by atoms with Crippen molar-refractivity contribution >= 4 is 11.9 Å². The van der Waals surface area contributed by atoms with E-state index in [1.165, 1.54) is 16.9 Å². The van der Waals surface area contributed by atoms with Crippen molar-refractivity contribution in [1.82, 2.24) is 15.1 Å². The van der Waals surface area contributed by atoms with E-state index in [-0.39, 0.29) is 18.1 Å². The maximum Gasteiger partial charge on any atom is 0.356 e. The first kappa shape index (κ1) is 11.2. The van der Waals surface area contributed by atoms with Gasteiger partial charge in [-0.3, -0.25) is 9.48 Å². The molecule has 0 saturated heterocycles. The van der Waals surface area contributed by atoms with Crippen LogP contribution in [0.3, 0.4) is 0 Å². The first-order chi connectivity index (χ1) is 7.13. The number of rotatable bonds is 5. The number of hydrogen-bond acceptors (Lipinski definition) is 3. The van der Waals surface area contributed by atoms with Gasteiger partial charge >= 0.3 is 5.97 Å². The number of nitrogens with zero attached hydrogens (tertiary/aromatic N) is 2. The molecule has 6 nitrogen and oxygen atoms in total. The molecule has 0 aliphatic carbocycles. The van der Waals surface area contributed by atoms with E-state index in [1.807, 2.05) is 6.92 Å². The van der Waals surface area contributed by atoms with E-state index in [4.69, 9.17) is 5.11 Å². The Balaban J connectivity index is 2.50. The van der Waals surface area contributed by atoms with Crippen LogP contribution in [0, 0.1) is 0 Å². The summed E-state index contributed by atoms with van der Waals surface area (Å²) in [5, 5.41) is 15.0. The SMILES string of the molecule is CCCNC(=O)Cn1ccc(C(=O)O)n1. The zero-order valence-corrected chi connectivity index (χ0v) is 8.43. The Morgan fingerprint density at radius 1 is 1.60 bits per heavy atom. The van der Waals surface area contributed by atoms with Crippen molar-refractivity contribution in [3.63, 3.8) is 0 Å². The predicted octanol–water partition coefficient (Wildman–Crippen LogP) is 0.107. The van der Waals surface area contributed by atoms with Gasteiger partial charge in [0.1, 0.15) is 6.54 Å². The highest BCUT2D eigenvalue weighted by molar-refractivity contribution is 5.85. The minimum absolute atomic E-state index is 0.0489. The molecule has 15 heavy (non-hydrogen) atoms. The number of nitrogens with one attached hydrogen (secondary N) is 1. The van der Waals surface area contributed by atoms with Gasteiger partial charge in [0.15, 0.2) is 5.69 Å². The fourth-order valence-electron chi connectivity index (χ4n) is 1.03. The molecule has 0 radical (unpaired) electrons. The van der Waals surface area contributed by atoms with Crippen LogP contribution in [0.15, 0.2) is 12.3 Å². The van der Waals surface area contributed by atoms with E-state index in [1.54, 1.807) is 0 Å². The Hall–Kier alpha value is -1.85. The Kier molecular flexibility index (Phi) is 3.84. The summed E-state index contributed by atoms with van der Waals surface area (Å²) in [5.74, 6) is -1.26. The lowest BCUT2D eigenvalue weighted by Crippen LogP contribution is -2.28. The van der Waals surface area contributed by atoms with Crippen molar-refractivity contribution in [2.45, 2.75) is 19.9 Å². The molecule has 0 aliphatic heterocycles. The Morgan fingerprint density at radius 3 is 2.87 bits per heavy atom. The zero-order chi connectivity index (χ0) is 11.3. The molecule has 1 amide bonds. The van der Waals surface area contributed by atoms with Crippen LogP contribution >= 0.6 is 0 Å². The monoisotopic (exact) mass is 211 g/mol. The van der Waals surface area contributed by atoms with Gasteiger partial charge < -0.3 is 10.4 Å². The van der Waals surface area contributed by atoms with E-state index >= 15 is 0 Å². The highest BCUT2D eigenvalue weighted by Crippen LogP contribution is 1.95. The average Bonchev–Trinajstić information content (AvgIpc) is 2.63. The quantitative estimate of drug-likeness (QED) is 0.723. The number of amides is 1. The summed E-state index contributed by atoms with van der Waals surface area (Å²) < 4.78 is 1.30. The molecule has 1 aromatic rings. The summed E-state index contributed by atoms with van der Waals surface area (Å²) in [6, 6.07) is 1.36.